The van der Waals surface area contributed by atoms with Gasteiger partial charge < -0.3 is 10.4 Å². The first kappa shape index (κ1) is 9.71. The van der Waals surface area contributed by atoms with Gasteiger partial charge in [-0.3, -0.25) is 4.79 Å². The first-order valence-corrected chi connectivity index (χ1v) is 5.39. The zero-order valence-corrected chi connectivity index (χ0v) is 8.28. The number of aliphatic carboxylic acids is 1. The molecule has 0 aromatic rings. The van der Waals surface area contributed by atoms with E-state index in [0.29, 0.717) is 18.5 Å². The second-order valence-corrected chi connectivity index (χ2v) is 4.33. The van der Waals surface area contributed by atoms with E-state index < -0.39 is 5.97 Å². The van der Waals surface area contributed by atoms with Crippen molar-refractivity contribution in [1.82, 2.24) is 5.32 Å². The highest BCUT2D eigenvalue weighted by Gasteiger charge is 2.31. The van der Waals surface area contributed by atoms with Gasteiger partial charge >= 0.3 is 5.97 Å². The minimum atomic E-state index is -0.714. The first-order valence-electron chi connectivity index (χ1n) is 5.39. The van der Waals surface area contributed by atoms with Gasteiger partial charge in [-0.05, 0) is 31.1 Å². The van der Waals surface area contributed by atoms with Crippen LogP contribution < -0.4 is 5.32 Å². The molecule has 3 aliphatic rings. The number of nitrogens with one attached hydrogen (secondary N) is 1. The van der Waals surface area contributed by atoms with E-state index in [-0.39, 0.29) is 6.42 Å². The Morgan fingerprint density at radius 2 is 2.29 bits per heavy atom. The summed E-state index contributed by atoms with van der Waals surface area (Å²) in [5.41, 5.74) is 0. The van der Waals surface area contributed by atoms with Gasteiger partial charge in [0.15, 0.2) is 0 Å². The van der Waals surface area contributed by atoms with Crippen molar-refractivity contribution in [2.45, 2.75) is 31.7 Å². The number of hydrogen-bond acceptors (Lipinski definition) is 2. The molecule has 2 N–H and O–H groups in total. The summed E-state index contributed by atoms with van der Waals surface area (Å²) in [6, 6.07) is 0.526. The number of fused-ring (bicyclic) bond motifs is 2. The molecule has 3 aliphatic carbocycles. The van der Waals surface area contributed by atoms with Gasteiger partial charge in [0.2, 0.25) is 0 Å². The molecule has 3 atom stereocenters. The largest absolute Gasteiger partial charge is 0.481 e. The Labute approximate surface area is 84.2 Å². The Morgan fingerprint density at radius 1 is 1.43 bits per heavy atom. The van der Waals surface area contributed by atoms with Crippen molar-refractivity contribution in [2.75, 3.05) is 6.54 Å². The smallest absolute Gasteiger partial charge is 0.304 e. The van der Waals surface area contributed by atoms with E-state index in [0.717, 1.165) is 5.92 Å². The van der Waals surface area contributed by atoms with Gasteiger partial charge in [-0.25, -0.2) is 0 Å². The molecule has 2 bridgehead atoms. The highest BCUT2D eigenvalue weighted by Crippen LogP contribution is 2.35. The van der Waals surface area contributed by atoms with Gasteiger partial charge in [0, 0.05) is 12.6 Å². The standard InChI is InChI=1S/C11H17NO2/c13-11(14)5-6-12-10-7-8-1-3-9(10)4-2-8/h1,3,8-10,12H,2,4-7H2,(H,13,14). The highest BCUT2D eigenvalue weighted by atomic mass is 16.4. The zero-order chi connectivity index (χ0) is 9.97. The molecule has 3 unspecified atom stereocenters. The van der Waals surface area contributed by atoms with Gasteiger partial charge in [-0.15, -0.1) is 0 Å². The van der Waals surface area contributed by atoms with Crippen LogP contribution in [0.15, 0.2) is 12.2 Å². The normalized spacial score (nSPS) is 34.7. The van der Waals surface area contributed by atoms with Crippen molar-refractivity contribution in [3.8, 4) is 0 Å². The molecule has 0 heterocycles. The van der Waals surface area contributed by atoms with Gasteiger partial charge in [0.25, 0.3) is 0 Å². The molecule has 1 saturated carbocycles. The maximum Gasteiger partial charge on any atom is 0.304 e. The summed E-state index contributed by atoms with van der Waals surface area (Å²) in [7, 11) is 0. The van der Waals surface area contributed by atoms with Crippen LogP contribution in [0.1, 0.15) is 25.7 Å². The number of allylic oxidation sites excluding steroid dienone is 1. The van der Waals surface area contributed by atoms with Gasteiger partial charge in [0.05, 0.1) is 6.42 Å². The molecule has 3 heteroatoms. The Morgan fingerprint density at radius 3 is 2.79 bits per heavy atom. The van der Waals surface area contributed by atoms with Gasteiger partial charge in [0.1, 0.15) is 0 Å². The van der Waals surface area contributed by atoms with E-state index in [4.69, 9.17) is 5.11 Å². The average molecular weight is 195 g/mol. The number of carbonyl (C=O) groups is 1. The molecular formula is C11H17NO2. The molecule has 1 fully saturated rings. The molecule has 0 aromatic carbocycles. The lowest BCUT2D eigenvalue weighted by Crippen LogP contribution is -2.43. The van der Waals surface area contributed by atoms with E-state index in [9.17, 15) is 4.79 Å². The fourth-order valence-corrected chi connectivity index (χ4v) is 2.53. The SMILES string of the molecule is O=C(O)CCNC1CC2C=CC1CC2. The van der Waals surface area contributed by atoms with E-state index in [1.807, 2.05) is 0 Å². The zero-order valence-electron chi connectivity index (χ0n) is 8.28. The van der Waals surface area contributed by atoms with E-state index in [2.05, 4.69) is 17.5 Å². The lowest BCUT2D eigenvalue weighted by atomic mass is 9.73. The predicted octanol–water partition coefficient (Wildman–Crippen LogP) is 1.41. The quantitative estimate of drug-likeness (QED) is 0.667. The molecule has 0 aromatic heterocycles. The van der Waals surface area contributed by atoms with Crippen molar-refractivity contribution in [2.24, 2.45) is 11.8 Å². The van der Waals surface area contributed by atoms with Crippen LogP contribution in [0.4, 0.5) is 0 Å². The van der Waals surface area contributed by atoms with Crippen LogP contribution >= 0.6 is 0 Å². The predicted molar refractivity (Wildman–Crippen MR) is 54.0 cm³/mol. The summed E-state index contributed by atoms with van der Waals surface area (Å²) in [6.45, 7) is 0.608. The lowest BCUT2D eigenvalue weighted by molar-refractivity contribution is -0.136. The van der Waals surface area contributed by atoms with Crippen LogP contribution in [0.5, 0.6) is 0 Å². The third-order valence-electron chi connectivity index (χ3n) is 3.32. The Kier molecular flexibility index (Phi) is 2.87. The van der Waals surface area contributed by atoms with Crippen molar-refractivity contribution in [3.63, 3.8) is 0 Å². The Hall–Kier alpha value is -0.830. The monoisotopic (exact) mass is 195 g/mol. The van der Waals surface area contributed by atoms with E-state index in [1.165, 1.54) is 19.3 Å². The molecule has 0 aliphatic heterocycles. The fraction of sp³-hybridized carbons (Fsp3) is 0.727. The third kappa shape index (κ3) is 2.15. The minimum Gasteiger partial charge on any atom is -0.481 e. The van der Waals surface area contributed by atoms with Crippen LogP contribution in [0.2, 0.25) is 0 Å². The van der Waals surface area contributed by atoms with Crippen molar-refractivity contribution >= 4 is 5.97 Å². The van der Waals surface area contributed by atoms with E-state index >= 15 is 0 Å². The van der Waals surface area contributed by atoms with Crippen LogP contribution in [-0.4, -0.2) is 23.7 Å². The maximum absolute atomic E-state index is 10.3. The first-order chi connectivity index (χ1) is 6.75. The molecule has 3 rings (SSSR count). The molecule has 0 radical (unpaired) electrons. The van der Waals surface area contributed by atoms with Gasteiger partial charge in [-0.2, -0.15) is 0 Å². The Balaban J connectivity index is 1.77. The van der Waals surface area contributed by atoms with Crippen molar-refractivity contribution in [1.29, 1.82) is 0 Å². The summed E-state index contributed by atoms with van der Waals surface area (Å²) >= 11 is 0. The van der Waals surface area contributed by atoms with Crippen LogP contribution in [-0.2, 0) is 4.79 Å². The van der Waals surface area contributed by atoms with Crippen molar-refractivity contribution in [3.05, 3.63) is 12.2 Å². The molecule has 78 valence electrons. The average Bonchev–Trinajstić information content (AvgIpc) is 2.19. The summed E-state index contributed by atoms with van der Waals surface area (Å²) in [5, 5.41) is 11.9. The molecule has 3 nitrogen and oxygen atoms in total. The molecule has 0 amide bonds. The Bertz CT molecular complexity index is 250. The van der Waals surface area contributed by atoms with Gasteiger partial charge in [-0.1, -0.05) is 12.2 Å². The topological polar surface area (TPSA) is 49.3 Å². The number of carboxylic acids is 1. The summed E-state index contributed by atoms with van der Waals surface area (Å²) in [4.78, 5) is 10.3. The second kappa shape index (κ2) is 4.13. The molecule has 14 heavy (non-hydrogen) atoms. The maximum atomic E-state index is 10.3. The fourth-order valence-electron chi connectivity index (χ4n) is 2.53. The summed E-state index contributed by atoms with van der Waals surface area (Å²) in [5.74, 6) is 0.671. The second-order valence-electron chi connectivity index (χ2n) is 4.33. The van der Waals surface area contributed by atoms with Crippen LogP contribution in [0.25, 0.3) is 0 Å². The number of carboxylic acid groups (broad SMARTS) is 1. The van der Waals surface area contributed by atoms with Crippen LogP contribution in [0, 0.1) is 11.8 Å². The van der Waals surface area contributed by atoms with E-state index in [1.54, 1.807) is 0 Å². The third-order valence-corrected chi connectivity index (χ3v) is 3.32. The number of rotatable bonds is 4. The number of hydrogen-bond donors (Lipinski definition) is 2. The van der Waals surface area contributed by atoms with Crippen LogP contribution in [0.3, 0.4) is 0 Å². The molecular weight excluding hydrogens is 178 g/mol. The molecule has 0 spiro atoms. The minimum absolute atomic E-state index is 0.234. The lowest BCUT2D eigenvalue weighted by Gasteiger charge is -2.38. The molecule has 0 saturated heterocycles. The highest BCUT2D eigenvalue weighted by molar-refractivity contribution is 5.66. The van der Waals surface area contributed by atoms with Crippen molar-refractivity contribution < 1.29 is 9.90 Å². The summed E-state index contributed by atoms with van der Waals surface area (Å²) in [6.07, 6.45) is 8.64. The summed E-state index contributed by atoms with van der Waals surface area (Å²) < 4.78 is 0.